The van der Waals surface area contributed by atoms with Crippen molar-refractivity contribution in [2.45, 2.75) is 18.8 Å². The minimum atomic E-state index is -0.660. The van der Waals surface area contributed by atoms with Crippen LogP contribution in [0.5, 0.6) is 0 Å². The van der Waals surface area contributed by atoms with Gasteiger partial charge in [0.05, 0.1) is 6.61 Å². The van der Waals surface area contributed by atoms with E-state index in [0.29, 0.717) is 11.4 Å². The van der Waals surface area contributed by atoms with Crippen molar-refractivity contribution in [2.24, 2.45) is 5.73 Å². The lowest BCUT2D eigenvalue weighted by Gasteiger charge is -2.31. The smallest absolute Gasteiger partial charge is 0.123 e. The Morgan fingerprint density at radius 3 is 2.38 bits per heavy atom. The first kappa shape index (κ1) is 16.0. The molecule has 1 atom stereocenters. The van der Waals surface area contributed by atoms with E-state index in [1.165, 1.54) is 12.1 Å². The van der Waals surface area contributed by atoms with Crippen molar-refractivity contribution in [1.29, 1.82) is 0 Å². The van der Waals surface area contributed by atoms with Crippen LogP contribution in [0.1, 0.15) is 16.7 Å². The van der Waals surface area contributed by atoms with Crippen molar-refractivity contribution in [3.8, 4) is 0 Å². The number of rotatable bonds is 5. The average molecular weight is 308 g/mol. The zero-order valence-electron chi connectivity index (χ0n) is 11.9. The fourth-order valence-corrected chi connectivity index (χ4v) is 2.77. The van der Waals surface area contributed by atoms with E-state index in [4.69, 9.17) is 17.3 Å². The van der Waals surface area contributed by atoms with Crippen LogP contribution >= 0.6 is 11.6 Å². The molecule has 0 heterocycles. The van der Waals surface area contributed by atoms with Crippen LogP contribution in [-0.4, -0.2) is 18.3 Å². The van der Waals surface area contributed by atoms with Gasteiger partial charge in [-0.05, 0) is 48.2 Å². The van der Waals surface area contributed by atoms with Gasteiger partial charge in [-0.1, -0.05) is 35.9 Å². The van der Waals surface area contributed by atoms with Gasteiger partial charge in [0, 0.05) is 17.0 Å². The lowest BCUT2D eigenvalue weighted by Crippen LogP contribution is -2.41. The minimum Gasteiger partial charge on any atom is -0.395 e. The van der Waals surface area contributed by atoms with Gasteiger partial charge >= 0.3 is 0 Å². The van der Waals surface area contributed by atoms with Crippen LogP contribution in [-0.2, 0) is 11.8 Å². The first-order valence-corrected chi connectivity index (χ1v) is 7.20. The van der Waals surface area contributed by atoms with Crippen LogP contribution in [0.25, 0.3) is 0 Å². The van der Waals surface area contributed by atoms with E-state index in [1.807, 2.05) is 25.1 Å². The molecule has 0 aliphatic carbocycles. The van der Waals surface area contributed by atoms with Gasteiger partial charge in [0.1, 0.15) is 5.82 Å². The van der Waals surface area contributed by atoms with Gasteiger partial charge in [-0.3, -0.25) is 0 Å². The van der Waals surface area contributed by atoms with Gasteiger partial charge in [-0.15, -0.1) is 0 Å². The van der Waals surface area contributed by atoms with Crippen molar-refractivity contribution < 1.29 is 9.50 Å². The molecule has 0 aromatic heterocycles. The SMILES string of the molecule is Cc1ccc(CC(CN)(CO)c2ccc(F)cc2)c(Cl)c1. The third kappa shape index (κ3) is 3.43. The summed E-state index contributed by atoms with van der Waals surface area (Å²) in [5.41, 5.74) is 8.07. The number of aliphatic hydroxyl groups excluding tert-OH is 1. The molecule has 0 spiro atoms. The van der Waals surface area contributed by atoms with E-state index < -0.39 is 5.41 Å². The maximum absolute atomic E-state index is 13.1. The van der Waals surface area contributed by atoms with Crippen molar-refractivity contribution >= 4 is 11.6 Å². The van der Waals surface area contributed by atoms with Crippen LogP contribution in [0.3, 0.4) is 0 Å². The second-order valence-electron chi connectivity index (χ2n) is 5.42. The molecule has 0 fully saturated rings. The summed E-state index contributed by atoms with van der Waals surface area (Å²) >= 11 is 6.28. The van der Waals surface area contributed by atoms with Gasteiger partial charge in [-0.25, -0.2) is 4.39 Å². The topological polar surface area (TPSA) is 46.2 Å². The molecule has 0 aliphatic heterocycles. The Labute approximate surface area is 129 Å². The first-order valence-electron chi connectivity index (χ1n) is 6.83. The number of aliphatic hydroxyl groups is 1. The molecule has 21 heavy (non-hydrogen) atoms. The fraction of sp³-hybridized carbons (Fsp3) is 0.294. The Morgan fingerprint density at radius 2 is 1.86 bits per heavy atom. The summed E-state index contributed by atoms with van der Waals surface area (Å²) in [7, 11) is 0. The monoisotopic (exact) mass is 307 g/mol. The molecule has 2 aromatic carbocycles. The summed E-state index contributed by atoms with van der Waals surface area (Å²) in [6.07, 6.45) is 0.505. The lowest BCUT2D eigenvalue weighted by molar-refractivity contribution is 0.196. The van der Waals surface area contributed by atoms with Gasteiger partial charge in [0.25, 0.3) is 0 Å². The highest BCUT2D eigenvalue weighted by molar-refractivity contribution is 6.31. The molecular formula is C17H19ClFNO. The summed E-state index contributed by atoms with van der Waals surface area (Å²) in [4.78, 5) is 0. The van der Waals surface area contributed by atoms with Gasteiger partial charge < -0.3 is 10.8 Å². The quantitative estimate of drug-likeness (QED) is 0.891. The van der Waals surface area contributed by atoms with E-state index in [1.54, 1.807) is 12.1 Å². The first-order chi connectivity index (χ1) is 10.0. The number of halogens is 2. The summed E-state index contributed by atoms with van der Waals surface area (Å²) in [5, 5.41) is 10.5. The highest BCUT2D eigenvalue weighted by Gasteiger charge is 2.31. The Hall–Kier alpha value is -1.42. The number of nitrogens with two attached hydrogens (primary N) is 1. The van der Waals surface area contributed by atoms with Crippen LogP contribution in [0.4, 0.5) is 4.39 Å². The Morgan fingerprint density at radius 1 is 1.19 bits per heavy atom. The van der Waals surface area contributed by atoms with Crippen molar-refractivity contribution in [3.05, 3.63) is 70.0 Å². The molecule has 2 aromatic rings. The molecule has 0 radical (unpaired) electrons. The number of hydrogen-bond acceptors (Lipinski definition) is 2. The molecule has 1 unspecified atom stereocenters. The highest BCUT2D eigenvalue weighted by atomic mass is 35.5. The van der Waals surface area contributed by atoms with Crippen molar-refractivity contribution in [2.75, 3.05) is 13.2 Å². The lowest BCUT2D eigenvalue weighted by atomic mass is 9.76. The standard InChI is InChI=1S/C17H19ClFNO/c1-12-2-3-13(16(18)8-12)9-17(10-20,11-21)14-4-6-15(19)7-5-14/h2-8,21H,9-11,20H2,1H3. The molecular weight excluding hydrogens is 289 g/mol. The molecule has 2 rings (SSSR count). The Kier molecular flexibility index (Phi) is 4.99. The fourth-order valence-electron chi connectivity index (χ4n) is 2.47. The molecule has 112 valence electrons. The summed E-state index contributed by atoms with van der Waals surface area (Å²) in [5.74, 6) is -0.309. The summed E-state index contributed by atoms with van der Waals surface area (Å²) in [6, 6.07) is 11.9. The van der Waals surface area contributed by atoms with Crippen LogP contribution in [0, 0.1) is 12.7 Å². The zero-order chi connectivity index (χ0) is 15.5. The average Bonchev–Trinajstić information content (AvgIpc) is 2.48. The van der Waals surface area contributed by atoms with Gasteiger partial charge in [-0.2, -0.15) is 0 Å². The highest BCUT2D eigenvalue weighted by Crippen LogP contribution is 2.31. The van der Waals surface area contributed by atoms with E-state index in [9.17, 15) is 9.50 Å². The largest absolute Gasteiger partial charge is 0.395 e. The van der Waals surface area contributed by atoms with Crippen LogP contribution in [0.2, 0.25) is 5.02 Å². The normalized spacial score (nSPS) is 14.0. The Bertz CT molecular complexity index is 609. The van der Waals surface area contributed by atoms with E-state index in [0.717, 1.165) is 16.7 Å². The van der Waals surface area contributed by atoms with Crippen LogP contribution in [0.15, 0.2) is 42.5 Å². The molecule has 0 bridgehead atoms. The Balaban J connectivity index is 2.40. The van der Waals surface area contributed by atoms with E-state index >= 15 is 0 Å². The van der Waals surface area contributed by atoms with Crippen LogP contribution < -0.4 is 5.73 Å². The number of aryl methyl sites for hydroxylation is 1. The molecule has 3 N–H and O–H groups in total. The molecule has 0 saturated heterocycles. The number of hydrogen-bond donors (Lipinski definition) is 2. The maximum Gasteiger partial charge on any atom is 0.123 e. The molecule has 2 nitrogen and oxygen atoms in total. The maximum atomic E-state index is 13.1. The molecule has 4 heteroatoms. The number of benzene rings is 2. The van der Waals surface area contributed by atoms with Gasteiger partial charge in [0.15, 0.2) is 0 Å². The summed E-state index contributed by atoms with van der Waals surface area (Å²) in [6.45, 7) is 2.09. The van der Waals surface area contributed by atoms with Crippen molar-refractivity contribution in [1.82, 2.24) is 0 Å². The predicted molar refractivity (Wildman–Crippen MR) is 84.1 cm³/mol. The zero-order valence-corrected chi connectivity index (χ0v) is 12.7. The van der Waals surface area contributed by atoms with Gasteiger partial charge in [0.2, 0.25) is 0 Å². The van der Waals surface area contributed by atoms with E-state index in [2.05, 4.69) is 0 Å². The summed E-state index contributed by atoms with van der Waals surface area (Å²) < 4.78 is 13.1. The second-order valence-corrected chi connectivity index (χ2v) is 5.83. The molecule has 0 saturated carbocycles. The minimum absolute atomic E-state index is 0.126. The van der Waals surface area contributed by atoms with Crippen molar-refractivity contribution in [3.63, 3.8) is 0 Å². The van der Waals surface area contributed by atoms with E-state index in [-0.39, 0.29) is 19.0 Å². The molecule has 0 amide bonds. The third-order valence-electron chi connectivity index (χ3n) is 3.89. The predicted octanol–water partition coefficient (Wildman–Crippen LogP) is 3.22. The molecule has 0 aliphatic rings. The second kappa shape index (κ2) is 6.56. The third-order valence-corrected chi connectivity index (χ3v) is 4.24.